The quantitative estimate of drug-likeness (QED) is 0.304. The Bertz CT molecular complexity index is 1020. The van der Waals surface area contributed by atoms with Crippen molar-refractivity contribution in [3.8, 4) is 0 Å². The molecule has 29 heavy (non-hydrogen) atoms. The van der Waals surface area contributed by atoms with Crippen molar-refractivity contribution in [3.05, 3.63) is 80.6 Å². The number of esters is 2. The summed E-state index contributed by atoms with van der Waals surface area (Å²) in [6.07, 6.45) is 0. The second-order valence-corrected chi connectivity index (χ2v) is 8.89. The van der Waals surface area contributed by atoms with E-state index in [1.54, 1.807) is 6.07 Å². The first-order valence-electron chi connectivity index (χ1n) is 8.82. The molecular formula is C21H20N2O5Se. The van der Waals surface area contributed by atoms with Crippen LogP contribution < -0.4 is 0 Å². The number of hydrogen-bond donors (Lipinski definition) is 0. The van der Waals surface area contributed by atoms with Gasteiger partial charge in [0.1, 0.15) is 0 Å². The van der Waals surface area contributed by atoms with Crippen molar-refractivity contribution in [1.82, 2.24) is 0 Å². The van der Waals surface area contributed by atoms with Crippen molar-refractivity contribution in [3.63, 3.8) is 0 Å². The molecule has 0 saturated heterocycles. The average Bonchev–Trinajstić information content (AvgIpc) is 3.37. The molecule has 0 amide bonds. The van der Waals surface area contributed by atoms with E-state index in [-0.39, 0.29) is 26.0 Å². The summed E-state index contributed by atoms with van der Waals surface area (Å²) in [5.74, 6) is -0.982. The number of furan rings is 1. The minimum absolute atomic E-state index is 0.00642. The Morgan fingerprint density at radius 2 is 1.86 bits per heavy atom. The van der Waals surface area contributed by atoms with Crippen LogP contribution in [-0.4, -0.2) is 33.6 Å². The Morgan fingerprint density at radius 3 is 2.48 bits per heavy atom. The van der Waals surface area contributed by atoms with Gasteiger partial charge >= 0.3 is 174 Å². The number of azo groups is 1. The number of hydrogen-bond acceptors (Lipinski definition) is 7. The number of nitrogens with zero attached hydrogens (tertiary/aromatic N) is 2. The summed E-state index contributed by atoms with van der Waals surface area (Å²) in [5, 5.41) is 8.73. The maximum absolute atomic E-state index is 12.0. The molecule has 8 heteroatoms. The number of benzene rings is 1. The van der Waals surface area contributed by atoms with Gasteiger partial charge in [-0.3, -0.25) is 0 Å². The zero-order valence-electron chi connectivity index (χ0n) is 16.2. The van der Waals surface area contributed by atoms with Crippen LogP contribution in [0.15, 0.2) is 69.2 Å². The summed E-state index contributed by atoms with van der Waals surface area (Å²) >= 11 is -0.112. The maximum atomic E-state index is 12.0. The molecule has 1 unspecified atom stereocenters. The standard InChI is InChI=1S/C21H20N2O5Se/c1-14-9-12-19(29-14)21(28-15(2)24,18-11-10-17(27-18)20(25)26-3)23-22-13-16-7-5-4-6-8-16/h4-12H,13H2,1-3H3. The summed E-state index contributed by atoms with van der Waals surface area (Å²) < 4.78 is 18.0. The molecule has 3 rings (SSSR count). The van der Waals surface area contributed by atoms with Crippen LogP contribution in [0.2, 0.25) is 0 Å². The Labute approximate surface area is 174 Å². The second-order valence-electron chi connectivity index (χ2n) is 6.19. The predicted octanol–water partition coefficient (Wildman–Crippen LogP) is 3.85. The van der Waals surface area contributed by atoms with Crippen molar-refractivity contribution in [2.24, 2.45) is 10.2 Å². The fourth-order valence-corrected chi connectivity index (χ4v) is 4.67. The molecular weight excluding hydrogens is 439 g/mol. The number of ether oxygens (including phenoxy) is 2. The van der Waals surface area contributed by atoms with Crippen LogP contribution in [0.25, 0.3) is 0 Å². The van der Waals surface area contributed by atoms with E-state index in [1.807, 2.05) is 49.4 Å². The number of aryl methyl sites for hydroxylation is 1. The van der Waals surface area contributed by atoms with Crippen molar-refractivity contribution < 1.29 is 23.5 Å². The normalized spacial score (nSPS) is 13.2. The van der Waals surface area contributed by atoms with Gasteiger partial charge in [-0.05, 0) is 0 Å². The Morgan fingerprint density at radius 1 is 1.10 bits per heavy atom. The van der Waals surface area contributed by atoms with Crippen molar-refractivity contribution in [1.29, 1.82) is 0 Å². The SMILES string of the molecule is COC(=O)c1ccc(C(N=NCc2ccccc2)(OC(C)=O)c2ccc(C)[se]2)o1. The summed E-state index contributed by atoms with van der Waals surface area (Å²) in [5.41, 5.74) is -0.607. The molecule has 0 aliphatic heterocycles. The van der Waals surface area contributed by atoms with Crippen LogP contribution in [0.5, 0.6) is 0 Å². The molecule has 0 bridgehead atoms. The molecule has 2 aromatic heterocycles. The third-order valence-corrected chi connectivity index (χ3v) is 6.29. The van der Waals surface area contributed by atoms with E-state index in [0.717, 1.165) is 14.4 Å². The molecule has 0 aliphatic rings. The van der Waals surface area contributed by atoms with Gasteiger partial charge in [0.15, 0.2) is 0 Å². The van der Waals surface area contributed by atoms with E-state index < -0.39 is 17.7 Å². The number of carbonyl (C=O) groups excluding carboxylic acids is 2. The first kappa shape index (κ1) is 20.8. The predicted molar refractivity (Wildman–Crippen MR) is 106 cm³/mol. The minimum atomic E-state index is -1.57. The molecule has 0 radical (unpaired) electrons. The van der Waals surface area contributed by atoms with Crippen LogP contribution in [0, 0.1) is 6.92 Å². The molecule has 1 atom stereocenters. The van der Waals surface area contributed by atoms with Crippen molar-refractivity contribution >= 4 is 26.4 Å². The zero-order chi connectivity index (χ0) is 20.9. The van der Waals surface area contributed by atoms with Gasteiger partial charge in [-0.25, -0.2) is 0 Å². The van der Waals surface area contributed by atoms with E-state index in [0.29, 0.717) is 6.54 Å². The van der Waals surface area contributed by atoms with E-state index in [2.05, 4.69) is 10.2 Å². The second kappa shape index (κ2) is 9.03. The first-order chi connectivity index (χ1) is 13.9. The number of methoxy groups -OCH3 is 1. The number of carbonyl (C=O) groups is 2. The van der Waals surface area contributed by atoms with Crippen LogP contribution in [0.1, 0.15) is 37.7 Å². The first-order valence-corrected chi connectivity index (χ1v) is 10.5. The molecule has 150 valence electrons. The molecule has 0 aliphatic carbocycles. The van der Waals surface area contributed by atoms with Crippen LogP contribution in [0.3, 0.4) is 0 Å². The van der Waals surface area contributed by atoms with E-state index in [1.165, 1.54) is 20.1 Å². The topological polar surface area (TPSA) is 90.5 Å². The van der Waals surface area contributed by atoms with Gasteiger partial charge in [-0.15, -0.1) is 0 Å². The number of rotatable bonds is 7. The van der Waals surface area contributed by atoms with Crippen LogP contribution in [0.4, 0.5) is 0 Å². The van der Waals surface area contributed by atoms with Crippen molar-refractivity contribution in [2.75, 3.05) is 7.11 Å². The van der Waals surface area contributed by atoms with E-state index in [4.69, 9.17) is 13.9 Å². The Balaban J connectivity index is 2.08. The molecule has 2 heterocycles. The third kappa shape index (κ3) is 4.72. The van der Waals surface area contributed by atoms with Crippen LogP contribution >= 0.6 is 0 Å². The third-order valence-electron chi connectivity index (χ3n) is 4.00. The van der Waals surface area contributed by atoms with Gasteiger partial charge in [0.05, 0.1) is 0 Å². The zero-order valence-corrected chi connectivity index (χ0v) is 18.0. The Hall–Kier alpha value is -2.96. The van der Waals surface area contributed by atoms with Gasteiger partial charge in [0.25, 0.3) is 0 Å². The molecule has 7 nitrogen and oxygen atoms in total. The fourth-order valence-electron chi connectivity index (χ4n) is 2.70. The van der Waals surface area contributed by atoms with Gasteiger partial charge < -0.3 is 0 Å². The summed E-state index contributed by atoms with van der Waals surface area (Å²) in [7, 11) is 1.26. The summed E-state index contributed by atoms with van der Waals surface area (Å²) in [6.45, 7) is 3.60. The van der Waals surface area contributed by atoms with Crippen LogP contribution in [-0.2, 0) is 26.5 Å². The van der Waals surface area contributed by atoms with E-state index >= 15 is 0 Å². The molecule has 0 fully saturated rings. The average molecular weight is 459 g/mol. The molecule has 1 aromatic carbocycles. The molecule has 0 N–H and O–H groups in total. The Kier molecular flexibility index (Phi) is 6.46. The van der Waals surface area contributed by atoms with Gasteiger partial charge in [-0.1, -0.05) is 0 Å². The summed E-state index contributed by atoms with van der Waals surface area (Å²) in [4.78, 5) is 23.9. The van der Waals surface area contributed by atoms with Crippen molar-refractivity contribution in [2.45, 2.75) is 26.1 Å². The van der Waals surface area contributed by atoms with E-state index in [9.17, 15) is 9.59 Å². The molecule has 3 aromatic rings. The van der Waals surface area contributed by atoms with Gasteiger partial charge in [0.2, 0.25) is 0 Å². The monoisotopic (exact) mass is 460 g/mol. The molecule has 0 saturated carbocycles. The summed E-state index contributed by atoms with van der Waals surface area (Å²) in [6, 6.07) is 16.4. The fraction of sp³-hybridized carbons (Fsp3) is 0.238. The molecule has 0 spiro atoms. The van der Waals surface area contributed by atoms with Gasteiger partial charge in [0, 0.05) is 0 Å². The van der Waals surface area contributed by atoms with Gasteiger partial charge in [-0.2, -0.15) is 0 Å².